The van der Waals surface area contributed by atoms with E-state index in [1.54, 1.807) is 19.2 Å². The average Bonchev–Trinajstić information content (AvgIpc) is 2.09. The highest BCUT2D eigenvalue weighted by molar-refractivity contribution is 14.1. The third-order valence-electron chi connectivity index (χ3n) is 1.31. The Kier molecular flexibility index (Phi) is 3.19. The van der Waals surface area contributed by atoms with E-state index in [0.29, 0.717) is 5.69 Å². The van der Waals surface area contributed by atoms with Gasteiger partial charge in [-0.25, -0.2) is 0 Å². The summed E-state index contributed by atoms with van der Waals surface area (Å²) in [5.74, 6) is 0.760. The standard InChI is InChI=1S/C7H6IN3O/c1-12-5-2-3-7(10-11-9)6(8)4-5/h2-4H,1H3. The van der Waals surface area contributed by atoms with Gasteiger partial charge in [-0.1, -0.05) is 5.11 Å². The Hall–Kier alpha value is -0.940. The second-order valence-electron chi connectivity index (χ2n) is 2.01. The summed E-state index contributed by atoms with van der Waals surface area (Å²) in [6.07, 6.45) is 0. The van der Waals surface area contributed by atoms with E-state index >= 15 is 0 Å². The molecule has 0 aromatic heterocycles. The average molecular weight is 275 g/mol. The van der Waals surface area contributed by atoms with Gasteiger partial charge in [-0.3, -0.25) is 0 Å². The maximum atomic E-state index is 8.19. The summed E-state index contributed by atoms with van der Waals surface area (Å²) in [6, 6.07) is 5.29. The van der Waals surface area contributed by atoms with E-state index in [4.69, 9.17) is 10.3 Å². The number of methoxy groups -OCH3 is 1. The third kappa shape index (κ3) is 2.02. The van der Waals surface area contributed by atoms with Gasteiger partial charge in [0.15, 0.2) is 0 Å². The Morgan fingerprint density at radius 2 is 2.33 bits per heavy atom. The second kappa shape index (κ2) is 4.18. The van der Waals surface area contributed by atoms with Crippen LogP contribution in [0.5, 0.6) is 5.75 Å². The van der Waals surface area contributed by atoms with Crippen molar-refractivity contribution in [1.29, 1.82) is 0 Å². The normalized spacial score (nSPS) is 8.83. The maximum Gasteiger partial charge on any atom is 0.119 e. The lowest BCUT2D eigenvalue weighted by atomic mass is 10.3. The van der Waals surface area contributed by atoms with Crippen LogP contribution in [-0.4, -0.2) is 7.11 Å². The molecule has 0 saturated heterocycles. The van der Waals surface area contributed by atoms with Crippen molar-refractivity contribution in [1.82, 2.24) is 0 Å². The number of nitrogens with zero attached hydrogens (tertiary/aromatic N) is 3. The summed E-state index contributed by atoms with van der Waals surface area (Å²) in [5, 5.41) is 3.50. The molecule has 0 bridgehead atoms. The molecule has 12 heavy (non-hydrogen) atoms. The maximum absolute atomic E-state index is 8.19. The summed E-state index contributed by atoms with van der Waals surface area (Å²) in [5.41, 5.74) is 8.82. The van der Waals surface area contributed by atoms with Crippen LogP contribution in [-0.2, 0) is 0 Å². The number of benzene rings is 1. The molecule has 62 valence electrons. The zero-order valence-corrected chi connectivity index (χ0v) is 8.52. The molecule has 0 unspecified atom stereocenters. The van der Waals surface area contributed by atoms with E-state index in [1.165, 1.54) is 0 Å². The Labute approximate surface area is 83.3 Å². The van der Waals surface area contributed by atoms with Crippen LogP contribution in [0.1, 0.15) is 0 Å². The van der Waals surface area contributed by atoms with Gasteiger partial charge in [0.1, 0.15) is 5.75 Å². The second-order valence-corrected chi connectivity index (χ2v) is 3.17. The monoisotopic (exact) mass is 275 g/mol. The van der Waals surface area contributed by atoms with Gasteiger partial charge in [-0.15, -0.1) is 0 Å². The molecule has 0 amide bonds. The summed E-state index contributed by atoms with van der Waals surface area (Å²) in [6.45, 7) is 0. The molecule has 1 aromatic rings. The van der Waals surface area contributed by atoms with E-state index in [2.05, 4.69) is 32.6 Å². The van der Waals surface area contributed by atoms with Crippen molar-refractivity contribution in [3.63, 3.8) is 0 Å². The van der Waals surface area contributed by atoms with Gasteiger partial charge in [0.05, 0.1) is 12.8 Å². The molecule has 0 saturated carbocycles. The molecule has 0 heterocycles. The first kappa shape index (κ1) is 9.15. The van der Waals surface area contributed by atoms with Crippen LogP contribution in [0.3, 0.4) is 0 Å². The summed E-state index contributed by atoms with van der Waals surface area (Å²) < 4.78 is 5.87. The van der Waals surface area contributed by atoms with E-state index in [9.17, 15) is 0 Å². The molecule has 4 nitrogen and oxygen atoms in total. The fraction of sp³-hybridized carbons (Fsp3) is 0.143. The number of hydrogen-bond donors (Lipinski definition) is 0. The minimum Gasteiger partial charge on any atom is -0.497 e. The van der Waals surface area contributed by atoms with Crippen molar-refractivity contribution in [2.75, 3.05) is 7.11 Å². The first-order valence-corrected chi connectivity index (χ1v) is 4.24. The van der Waals surface area contributed by atoms with E-state index in [1.807, 2.05) is 6.07 Å². The van der Waals surface area contributed by atoms with E-state index in [-0.39, 0.29) is 0 Å². The molecule has 0 aliphatic heterocycles. The molecular formula is C7H6IN3O. The van der Waals surface area contributed by atoms with Crippen molar-refractivity contribution in [3.8, 4) is 5.75 Å². The number of rotatable bonds is 2. The summed E-state index contributed by atoms with van der Waals surface area (Å²) in [7, 11) is 1.60. The van der Waals surface area contributed by atoms with Crippen LogP contribution in [0.2, 0.25) is 0 Å². The van der Waals surface area contributed by atoms with Crippen LogP contribution < -0.4 is 4.74 Å². The first-order chi connectivity index (χ1) is 5.77. The van der Waals surface area contributed by atoms with Crippen molar-refractivity contribution < 1.29 is 4.74 Å². The predicted molar refractivity (Wildman–Crippen MR) is 54.5 cm³/mol. The molecule has 0 atom stereocenters. The molecule has 5 heteroatoms. The van der Waals surface area contributed by atoms with Gasteiger partial charge in [0.25, 0.3) is 0 Å². The fourth-order valence-corrected chi connectivity index (χ4v) is 1.34. The van der Waals surface area contributed by atoms with E-state index in [0.717, 1.165) is 9.32 Å². The zero-order chi connectivity index (χ0) is 8.97. The lowest BCUT2D eigenvalue weighted by Crippen LogP contribution is -1.82. The van der Waals surface area contributed by atoms with Crippen molar-refractivity contribution in [2.45, 2.75) is 0 Å². The topological polar surface area (TPSA) is 58.0 Å². The number of ether oxygens (including phenoxy) is 1. The molecule has 0 spiro atoms. The number of halogens is 1. The van der Waals surface area contributed by atoms with Gasteiger partial charge >= 0.3 is 0 Å². The van der Waals surface area contributed by atoms with Gasteiger partial charge in [-0.2, -0.15) is 0 Å². The molecule has 0 fully saturated rings. The highest BCUT2D eigenvalue weighted by Gasteiger charge is 1.98. The molecule has 1 aromatic carbocycles. The minimum absolute atomic E-state index is 0.624. The molecule has 0 radical (unpaired) electrons. The highest BCUT2D eigenvalue weighted by atomic mass is 127. The van der Waals surface area contributed by atoms with Crippen LogP contribution in [0.15, 0.2) is 23.3 Å². The van der Waals surface area contributed by atoms with Crippen LogP contribution in [0.4, 0.5) is 5.69 Å². The fourth-order valence-electron chi connectivity index (χ4n) is 0.744. The zero-order valence-electron chi connectivity index (χ0n) is 6.36. The SMILES string of the molecule is COc1ccc(N=[N+]=[N-])c(I)c1. The van der Waals surface area contributed by atoms with Crippen LogP contribution >= 0.6 is 22.6 Å². The molecule has 1 rings (SSSR count). The number of azide groups is 1. The number of hydrogen-bond acceptors (Lipinski definition) is 2. The third-order valence-corrected chi connectivity index (χ3v) is 2.17. The Bertz CT molecular complexity index is 333. The van der Waals surface area contributed by atoms with Crippen LogP contribution in [0.25, 0.3) is 10.4 Å². The predicted octanol–water partition coefficient (Wildman–Crippen LogP) is 3.24. The smallest absolute Gasteiger partial charge is 0.119 e. The van der Waals surface area contributed by atoms with Gasteiger partial charge < -0.3 is 4.74 Å². The Morgan fingerprint density at radius 1 is 1.58 bits per heavy atom. The highest BCUT2D eigenvalue weighted by Crippen LogP contribution is 2.25. The Balaban J connectivity index is 3.11. The summed E-state index contributed by atoms with van der Waals surface area (Å²) in [4.78, 5) is 2.70. The largest absolute Gasteiger partial charge is 0.497 e. The van der Waals surface area contributed by atoms with Crippen molar-refractivity contribution >= 4 is 28.3 Å². The van der Waals surface area contributed by atoms with Crippen molar-refractivity contribution in [2.24, 2.45) is 5.11 Å². The van der Waals surface area contributed by atoms with Gasteiger partial charge in [0, 0.05) is 8.48 Å². The molecule has 0 aliphatic carbocycles. The molecular weight excluding hydrogens is 269 g/mol. The van der Waals surface area contributed by atoms with Crippen molar-refractivity contribution in [3.05, 3.63) is 32.2 Å². The van der Waals surface area contributed by atoms with Gasteiger partial charge in [0.2, 0.25) is 0 Å². The first-order valence-electron chi connectivity index (χ1n) is 3.16. The lowest BCUT2D eigenvalue weighted by molar-refractivity contribution is 0.414. The van der Waals surface area contributed by atoms with Crippen LogP contribution in [0, 0.1) is 3.57 Å². The quantitative estimate of drug-likeness (QED) is 0.354. The van der Waals surface area contributed by atoms with Gasteiger partial charge in [-0.05, 0) is 46.3 Å². The molecule has 0 aliphatic rings. The Morgan fingerprint density at radius 3 is 2.83 bits per heavy atom. The molecule has 0 N–H and O–H groups in total. The summed E-state index contributed by atoms with van der Waals surface area (Å²) >= 11 is 2.09. The van der Waals surface area contributed by atoms with E-state index < -0.39 is 0 Å². The lowest BCUT2D eigenvalue weighted by Gasteiger charge is -2.01. The minimum atomic E-state index is 0.624.